The van der Waals surface area contributed by atoms with Crippen molar-refractivity contribution < 1.29 is 9.59 Å². The zero-order valence-electron chi connectivity index (χ0n) is 15.1. The molecule has 2 aromatic rings. The minimum absolute atomic E-state index is 0.00128. The van der Waals surface area contributed by atoms with E-state index in [0.29, 0.717) is 24.6 Å². The molecule has 1 aliphatic heterocycles. The highest BCUT2D eigenvalue weighted by atomic mass is 16.2. The van der Waals surface area contributed by atoms with Crippen molar-refractivity contribution in [2.45, 2.75) is 39.7 Å². The van der Waals surface area contributed by atoms with Crippen molar-refractivity contribution in [1.82, 2.24) is 19.6 Å². The van der Waals surface area contributed by atoms with E-state index in [9.17, 15) is 9.59 Å². The second kappa shape index (κ2) is 7.25. The first kappa shape index (κ1) is 17.5. The van der Waals surface area contributed by atoms with Crippen LogP contribution in [-0.2, 0) is 4.79 Å². The number of hydrogen-bond donors (Lipinski definition) is 1. The number of rotatable bonds is 4. The molecule has 3 rings (SSSR count). The number of piperidine rings is 1. The molecule has 1 saturated heterocycles. The second-order valence-electron chi connectivity index (χ2n) is 7.22. The normalized spacial score (nSPS) is 17.0. The van der Waals surface area contributed by atoms with Crippen molar-refractivity contribution in [1.29, 1.82) is 0 Å². The van der Waals surface area contributed by atoms with Gasteiger partial charge in [0.1, 0.15) is 5.65 Å². The molecule has 1 fully saturated rings. The summed E-state index contributed by atoms with van der Waals surface area (Å²) in [5.41, 5.74) is 1.48. The van der Waals surface area contributed by atoms with Gasteiger partial charge in [0.2, 0.25) is 5.91 Å². The summed E-state index contributed by atoms with van der Waals surface area (Å²) in [4.78, 5) is 31.1. The molecule has 1 unspecified atom stereocenters. The molecule has 6 nitrogen and oxygen atoms in total. The molecule has 2 aromatic heterocycles. The Kier molecular flexibility index (Phi) is 5.06. The Balaban J connectivity index is 1.58. The minimum atomic E-state index is 0.00128. The van der Waals surface area contributed by atoms with Gasteiger partial charge in [-0.1, -0.05) is 13.8 Å². The van der Waals surface area contributed by atoms with E-state index in [1.807, 2.05) is 40.8 Å². The van der Waals surface area contributed by atoms with Gasteiger partial charge in [0, 0.05) is 43.6 Å². The van der Waals surface area contributed by atoms with Crippen LogP contribution in [0, 0.1) is 11.8 Å². The Morgan fingerprint density at radius 2 is 1.92 bits per heavy atom. The first-order chi connectivity index (χ1) is 12.0. The number of amides is 2. The smallest absolute Gasteiger partial charge is 0.255 e. The van der Waals surface area contributed by atoms with Crippen LogP contribution in [0.15, 0.2) is 30.7 Å². The maximum Gasteiger partial charge on any atom is 0.255 e. The van der Waals surface area contributed by atoms with Gasteiger partial charge >= 0.3 is 0 Å². The van der Waals surface area contributed by atoms with Crippen LogP contribution in [-0.4, -0.2) is 45.2 Å². The molecule has 2 amide bonds. The third-order valence-corrected chi connectivity index (χ3v) is 5.16. The topological polar surface area (TPSA) is 66.7 Å². The fraction of sp³-hybridized carbons (Fsp3) is 0.526. The van der Waals surface area contributed by atoms with Crippen molar-refractivity contribution in [3.05, 3.63) is 36.3 Å². The lowest BCUT2D eigenvalue weighted by Gasteiger charge is -2.32. The minimum Gasteiger partial charge on any atom is -0.353 e. The largest absolute Gasteiger partial charge is 0.353 e. The summed E-state index contributed by atoms with van der Waals surface area (Å²) in [7, 11) is 0. The van der Waals surface area contributed by atoms with Crippen molar-refractivity contribution in [2.24, 2.45) is 11.8 Å². The fourth-order valence-electron chi connectivity index (χ4n) is 3.08. The van der Waals surface area contributed by atoms with E-state index in [4.69, 9.17) is 0 Å². The average molecular weight is 342 g/mol. The second-order valence-corrected chi connectivity index (χ2v) is 7.22. The van der Waals surface area contributed by atoms with Crippen molar-refractivity contribution in [3.63, 3.8) is 0 Å². The molecular weight excluding hydrogens is 316 g/mol. The highest BCUT2D eigenvalue weighted by Gasteiger charge is 2.28. The summed E-state index contributed by atoms with van der Waals surface area (Å²) in [5, 5.41) is 3.09. The zero-order valence-corrected chi connectivity index (χ0v) is 15.1. The van der Waals surface area contributed by atoms with Gasteiger partial charge in [0.15, 0.2) is 0 Å². The summed E-state index contributed by atoms with van der Waals surface area (Å²) < 4.78 is 1.85. The Morgan fingerprint density at radius 1 is 1.20 bits per heavy atom. The highest BCUT2D eigenvalue weighted by molar-refractivity contribution is 5.94. The number of pyridine rings is 1. The van der Waals surface area contributed by atoms with E-state index in [-0.39, 0.29) is 23.8 Å². The van der Waals surface area contributed by atoms with Crippen LogP contribution in [0.5, 0.6) is 0 Å². The number of fused-ring (bicyclic) bond motifs is 1. The zero-order chi connectivity index (χ0) is 18.0. The Hall–Kier alpha value is -2.37. The van der Waals surface area contributed by atoms with Gasteiger partial charge in [-0.05, 0) is 37.8 Å². The van der Waals surface area contributed by atoms with Gasteiger partial charge < -0.3 is 14.6 Å². The first-order valence-electron chi connectivity index (χ1n) is 8.98. The van der Waals surface area contributed by atoms with Gasteiger partial charge in [-0.15, -0.1) is 0 Å². The maximum absolute atomic E-state index is 12.7. The van der Waals surface area contributed by atoms with Gasteiger partial charge in [0.25, 0.3) is 5.91 Å². The molecule has 6 heteroatoms. The van der Waals surface area contributed by atoms with E-state index in [1.54, 1.807) is 6.20 Å². The third kappa shape index (κ3) is 3.83. The van der Waals surface area contributed by atoms with Crippen LogP contribution in [0.3, 0.4) is 0 Å². The van der Waals surface area contributed by atoms with Crippen LogP contribution in [0.2, 0.25) is 0 Å². The van der Waals surface area contributed by atoms with Crippen molar-refractivity contribution in [2.75, 3.05) is 13.1 Å². The van der Waals surface area contributed by atoms with E-state index < -0.39 is 0 Å². The lowest BCUT2D eigenvalue weighted by Crippen LogP contribution is -2.45. The molecular formula is C19H26N4O2. The number of hydrogen-bond acceptors (Lipinski definition) is 3. The Morgan fingerprint density at radius 3 is 2.60 bits per heavy atom. The molecule has 0 aromatic carbocycles. The number of likely N-dealkylation sites (tertiary alicyclic amines) is 1. The predicted molar refractivity (Wildman–Crippen MR) is 96.3 cm³/mol. The van der Waals surface area contributed by atoms with E-state index >= 15 is 0 Å². The standard InChI is InChI=1S/C19H26N4O2/c1-13(2)14(3)21-18(24)15-6-9-22(10-7-15)19(25)16-4-5-17-20-8-11-23(17)12-16/h4-5,8,11-15H,6-7,9-10H2,1-3H3,(H,21,24). The van der Waals surface area contributed by atoms with Crippen LogP contribution < -0.4 is 5.32 Å². The SMILES string of the molecule is CC(C)C(C)NC(=O)C1CCN(C(=O)c2ccc3nccn3c2)CC1. The Bertz CT molecular complexity index is 760. The first-order valence-corrected chi connectivity index (χ1v) is 8.98. The number of imidazole rings is 1. The fourth-order valence-corrected chi connectivity index (χ4v) is 3.08. The van der Waals surface area contributed by atoms with Crippen LogP contribution in [0.25, 0.3) is 5.65 Å². The molecule has 0 spiro atoms. The predicted octanol–water partition coefficient (Wildman–Crippen LogP) is 2.35. The van der Waals surface area contributed by atoms with E-state index in [1.165, 1.54) is 0 Å². The summed E-state index contributed by atoms with van der Waals surface area (Å²) in [6.45, 7) is 7.48. The van der Waals surface area contributed by atoms with Crippen molar-refractivity contribution in [3.8, 4) is 0 Å². The number of carbonyl (C=O) groups is 2. The third-order valence-electron chi connectivity index (χ3n) is 5.16. The number of aromatic nitrogens is 2. The van der Waals surface area contributed by atoms with E-state index in [2.05, 4.69) is 24.1 Å². The molecule has 3 heterocycles. The van der Waals surface area contributed by atoms with Gasteiger partial charge in [-0.25, -0.2) is 4.98 Å². The Labute approximate surface area is 148 Å². The molecule has 1 atom stereocenters. The van der Waals surface area contributed by atoms with Gasteiger partial charge in [-0.3, -0.25) is 9.59 Å². The summed E-state index contributed by atoms with van der Waals surface area (Å²) in [6.07, 6.45) is 6.80. The highest BCUT2D eigenvalue weighted by Crippen LogP contribution is 2.20. The molecule has 25 heavy (non-hydrogen) atoms. The number of carbonyl (C=O) groups excluding carboxylic acids is 2. The lowest BCUT2D eigenvalue weighted by atomic mass is 9.94. The molecule has 0 saturated carbocycles. The molecule has 0 bridgehead atoms. The van der Waals surface area contributed by atoms with Crippen molar-refractivity contribution >= 4 is 17.5 Å². The summed E-state index contributed by atoms with van der Waals surface area (Å²) in [5.74, 6) is 0.559. The summed E-state index contributed by atoms with van der Waals surface area (Å²) in [6, 6.07) is 3.84. The molecule has 0 radical (unpaired) electrons. The molecule has 0 aliphatic carbocycles. The van der Waals surface area contributed by atoms with Crippen LogP contribution >= 0.6 is 0 Å². The summed E-state index contributed by atoms with van der Waals surface area (Å²) >= 11 is 0. The lowest BCUT2D eigenvalue weighted by molar-refractivity contribution is -0.127. The quantitative estimate of drug-likeness (QED) is 0.927. The molecule has 1 N–H and O–H groups in total. The van der Waals surface area contributed by atoms with Crippen LogP contribution in [0.1, 0.15) is 44.0 Å². The van der Waals surface area contributed by atoms with Crippen LogP contribution in [0.4, 0.5) is 0 Å². The molecule has 134 valence electrons. The van der Waals surface area contributed by atoms with E-state index in [0.717, 1.165) is 18.5 Å². The van der Waals surface area contributed by atoms with Gasteiger partial charge in [0.05, 0.1) is 5.56 Å². The number of nitrogens with zero attached hydrogens (tertiary/aromatic N) is 3. The van der Waals surface area contributed by atoms with Gasteiger partial charge in [-0.2, -0.15) is 0 Å². The average Bonchev–Trinajstić information content (AvgIpc) is 3.08. The monoisotopic (exact) mass is 342 g/mol. The maximum atomic E-state index is 12.7. The number of nitrogens with one attached hydrogen (secondary N) is 1. The molecule has 1 aliphatic rings.